The molecule has 5 nitrogen and oxygen atoms in total. The van der Waals surface area contributed by atoms with E-state index in [2.05, 4.69) is 15.5 Å². The molecule has 0 fully saturated rings. The van der Waals surface area contributed by atoms with Gasteiger partial charge >= 0.3 is 6.18 Å². The Morgan fingerprint density at radius 1 is 1.30 bits per heavy atom. The number of amides is 1. The van der Waals surface area contributed by atoms with Crippen LogP contribution in [0, 0.1) is 6.92 Å². The molecule has 0 aliphatic rings. The molecule has 2 aromatic heterocycles. The summed E-state index contributed by atoms with van der Waals surface area (Å²) in [6.45, 7) is 3.53. The zero-order valence-corrected chi connectivity index (χ0v) is 15.8. The number of hydrogen-bond donors (Lipinski definition) is 1. The van der Waals surface area contributed by atoms with Crippen LogP contribution in [0.25, 0.3) is 5.65 Å². The Kier molecular flexibility index (Phi) is 5.34. The Morgan fingerprint density at radius 2 is 2.04 bits per heavy atom. The van der Waals surface area contributed by atoms with Crippen LogP contribution in [0.2, 0.25) is 5.02 Å². The van der Waals surface area contributed by atoms with E-state index < -0.39 is 17.0 Å². The number of rotatable bonds is 4. The Morgan fingerprint density at radius 3 is 2.70 bits per heavy atom. The van der Waals surface area contributed by atoms with Crippen molar-refractivity contribution in [1.82, 2.24) is 14.6 Å². The number of carbonyl (C=O) groups is 1. The number of pyridine rings is 1. The smallest absolute Gasteiger partial charge is 0.325 e. The molecule has 0 aliphatic carbocycles. The Balaban J connectivity index is 1.83. The van der Waals surface area contributed by atoms with Crippen LogP contribution in [0.4, 0.5) is 18.9 Å². The number of nitrogens with one attached hydrogen (secondary N) is 1. The largest absolute Gasteiger partial charge is 0.417 e. The van der Waals surface area contributed by atoms with E-state index in [1.54, 1.807) is 13.0 Å². The number of nitrogens with zero attached hydrogens (tertiary/aromatic N) is 3. The minimum absolute atomic E-state index is 0.0958. The van der Waals surface area contributed by atoms with Crippen LogP contribution in [-0.4, -0.2) is 25.8 Å². The van der Waals surface area contributed by atoms with Gasteiger partial charge in [-0.3, -0.25) is 9.20 Å². The summed E-state index contributed by atoms with van der Waals surface area (Å²) in [5, 5.41) is 9.80. The van der Waals surface area contributed by atoms with E-state index in [1.807, 2.05) is 25.1 Å². The molecule has 0 radical (unpaired) electrons. The van der Waals surface area contributed by atoms with Crippen molar-refractivity contribution >= 4 is 40.6 Å². The van der Waals surface area contributed by atoms with E-state index in [9.17, 15) is 18.0 Å². The molecule has 1 N–H and O–H groups in total. The quantitative estimate of drug-likeness (QED) is 0.621. The van der Waals surface area contributed by atoms with Gasteiger partial charge in [-0.2, -0.15) is 13.2 Å². The number of benzene rings is 1. The summed E-state index contributed by atoms with van der Waals surface area (Å²) in [4.78, 5) is 12.4. The summed E-state index contributed by atoms with van der Waals surface area (Å²) in [5.74, 6) is -0.305. The van der Waals surface area contributed by atoms with Gasteiger partial charge in [0.2, 0.25) is 5.91 Å². The molecule has 1 aromatic carbocycles. The zero-order valence-electron chi connectivity index (χ0n) is 14.2. The molecule has 3 aromatic rings. The van der Waals surface area contributed by atoms with Crippen molar-refractivity contribution < 1.29 is 18.0 Å². The predicted octanol–water partition coefficient (Wildman–Crippen LogP) is 4.83. The third-order valence-electron chi connectivity index (χ3n) is 3.69. The molecule has 27 heavy (non-hydrogen) atoms. The summed E-state index contributed by atoms with van der Waals surface area (Å²) >= 11 is 6.88. The van der Waals surface area contributed by atoms with E-state index in [0.717, 1.165) is 34.0 Å². The average molecular weight is 415 g/mol. The lowest BCUT2D eigenvalue weighted by Gasteiger charge is -2.12. The molecule has 0 bridgehead atoms. The molecule has 1 unspecified atom stereocenters. The highest BCUT2D eigenvalue weighted by Crippen LogP contribution is 2.34. The van der Waals surface area contributed by atoms with Crippen molar-refractivity contribution in [1.29, 1.82) is 0 Å². The van der Waals surface area contributed by atoms with Crippen molar-refractivity contribution in [3.63, 3.8) is 0 Å². The molecule has 0 aliphatic heterocycles. The van der Waals surface area contributed by atoms with Gasteiger partial charge in [-0.15, -0.1) is 10.2 Å². The molecule has 1 amide bonds. The summed E-state index contributed by atoms with van der Waals surface area (Å²) < 4.78 is 40.2. The number of thioether (sulfide) groups is 1. The second-order valence-corrected chi connectivity index (χ2v) is 7.58. The van der Waals surface area contributed by atoms with E-state index >= 15 is 0 Å². The summed E-state index contributed by atoms with van der Waals surface area (Å²) in [5.41, 5.74) is 0.809. The normalized spacial score (nSPS) is 13.0. The molecule has 2 heterocycles. The highest BCUT2D eigenvalue weighted by Gasteiger charge is 2.32. The number of hydrogen-bond acceptors (Lipinski definition) is 4. The van der Waals surface area contributed by atoms with Crippen molar-refractivity contribution in [2.45, 2.75) is 30.4 Å². The number of aryl methyl sites for hydroxylation is 1. The highest BCUT2D eigenvalue weighted by molar-refractivity contribution is 8.00. The maximum atomic E-state index is 13.0. The van der Waals surface area contributed by atoms with Gasteiger partial charge in [-0.1, -0.05) is 35.5 Å². The van der Waals surface area contributed by atoms with E-state index in [4.69, 9.17) is 11.6 Å². The number of aromatic nitrogens is 3. The second kappa shape index (κ2) is 7.40. The maximum Gasteiger partial charge on any atom is 0.417 e. The molecule has 0 spiro atoms. The Bertz CT molecular complexity index is 1010. The first kappa shape index (κ1) is 19.5. The van der Waals surface area contributed by atoms with Crippen LogP contribution in [0.3, 0.4) is 0 Å². The molecular formula is C17H14ClF3N4OS. The molecule has 142 valence electrons. The number of carbonyl (C=O) groups excluding carboxylic acids is 1. The average Bonchev–Trinajstić information content (AvgIpc) is 2.97. The lowest BCUT2D eigenvalue weighted by Crippen LogP contribution is -2.22. The lowest BCUT2D eigenvalue weighted by atomic mass is 10.2. The lowest BCUT2D eigenvalue weighted by molar-refractivity contribution is -0.137. The van der Waals surface area contributed by atoms with Crippen LogP contribution in [0.5, 0.6) is 0 Å². The first-order chi connectivity index (χ1) is 12.6. The summed E-state index contributed by atoms with van der Waals surface area (Å²) in [6.07, 6.45) is -3.69. The Hall–Kier alpha value is -2.26. The molecule has 3 rings (SSSR count). The van der Waals surface area contributed by atoms with Gasteiger partial charge in [-0.05, 0) is 37.6 Å². The maximum absolute atomic E-state index is 13.0. The summed E-state index contributed by atoms with van der Waals surface area (Å²) in [7, 11) is 0. The van der Waals surface area contributed by atoms with Gasteiger partial charge in [0.1, 0.15) is 0 Å². The van der Waals surface area contributed by atoms with Gasteiger partial charge in [0.25, 0.3) is 0 Å². The highest BCUT2D eigenvalue weighted by atomic mass is 35.5. The van der Waals surface area contributed by atoms with E-state index in [-0.39, 0.29) is 21.7 Å². The van der Waals surface area contributed by atoms with Crippen LogP contribution < -0.4 is 5.32 Å². The van der Waals surface area contributed by atoms with Crippen molar-refractivity contribution in [2.24, 2.45) is 0 Å². The predicted molar refractivity (Wildman–Crippen MR) is 98.1 cm³/mol. The third kappa shape index (κ3) is 4.36. The number of anilines is 1. The van der Waals surface area contributed by atoms with Crippen LogP contribution in [-0.2, 0) is 11.0 Å². The topological polar surface area (TPSA) is 59.3 Å². The fraction of sp³-hybridized carbons (Fsp3) is 0.235. The fourth-order valence-corrected chi connectivity index (χ4v) is 3.42. The monoisotopic (exact) mass is 414 g/mol. The number of fused-ring (bicyclic) bond motifs is 1. The van der Waals surface area contributed by atoms with Gasteiger partial charge in [0.15, 0.2) is 10.8 Å². The fourth-order valence-electron chi connectivity index (χ4n) is 2.35. The zero-order chi connectivity index (χ0) is 19.8. The minimum Gasteiger partial charge on any atom is -0.325 e. The van der Waals surface area contributed by atoms with Crippen LogP contribution in [0.15, 0.2) is 41.7 Å². The molecule has 1 atom stereocenters. The molecule has 0 saturated heterocycles. The van der Waals surface area contributed by atoms with Gasteiger partial charge < -0.3 is 5.32 Å². The number of halogens is 4. The van der Waals surface area contributed by atoms with E-state index in [1.165, 1.54) is 0 Å². The first-order valence-electron chi connectivity index (χ1n) is 7.81. The Labute approximate surface area is 161 Å². The van der Waals surface area contributed by atoms with Crippen LogP contribution in [0.1, 0.15) is 18.1 Å². The molecular weight excluding hydrogens is 401 g/mol. The third-order valence-corrected chi connectivity index (χ3v) is 5.03. The van der Waals surface area contributed by atoms with Crippen molar-refractivity contribution in [3.8, 4) is 0 Å². The van der Waals surface area contributed by atoms with Crippen molar-refractivity contribution in [2.75, 3.05) is 5.32 Å². The second-order valence-electron chi connectivity index (χ2n) is 5.87. The number of alkyl halides is 3. The van der Waals surface area contributed by atoms with Gasteiger partial charge in [0.05, 0.1) is 15.8 Å². The first-order valence-corrected chi connectivity index (χ1v) is 9.06. The van der Waals surface area contributed by atoms with Gasteiger partial charge in [0, 0.05) is 11.9 Å². The van der Waals surface area contributed by atoms with Crippen molar-refractivity contribution in [3.05, 3.63) is 52.7 Å². The SMILES string of the molecule is Cc1cccc(NC(=O)C(C)Sc2nnc3c(Cl)cc(C(F)(F)F)cn23)c1. The van der Waals surface area contributed by atoms with E-state index in [0.29, 0.717) is 5.69 Å². The minimum atomic E-state index is -4.56. The molecule has 10 heteroatoms. The van der Waals surface area contributed by atoms with Gasteiger partial charge in [-0.25, -0.2) is 0 Å². The molecule has 0 saturated carbocycles. The van der Waals surface area contributed by atoms with Crippen LogP contribution >= 0.6 is 23.4 Å². The standard InChI is InChI=1S/C17H14ClF3N4OS/c1-9-4-3-5-12(6-9)22-15(26)10(2)27-16-24-23-14-13(18)7-11(8-25(14)16)17(19,20)21/h3-8,10H,1-2H3,(H,22,26). The summed E-state index contributed by atoms with van der Waals surface area (Å²) in [6, 6.07) is 8.09.